The van der Waals surface area contributed by atoms with Gasteiger partial charge in [-0.05, 0) is 67.4 Å². The highest BCUT2D eigenvalue weighted by Crippen LogP contribution is 2.41. The van der Waals surface area contributed by atoms with Crippen LogP contribution in [0.5, 0.6) is 6.01 Å². The molecule has 3 fully saturated rings. The minimum atomic E-state index is -2.00. The van der Waals surface area contributed by atoms with Gasteiger partial charge >= 0.3 is 6.01 Å². The van der Waals surface area contributed by atoms with Gasteiger partial charge in [-0.2, -0.15) is 4.98 Å². The van der Waals surface area contributed by atoms with Crippen molar-refractivity contribution in [2.45, 2.75) is 133 Å². The van der Waals surface area contributed by atoms with Gasteiger partial charge in [0.15, 0.2) is 20.1 Å². The van der Waals surface area contributed by atoms with Crippen LogP contribution in [0, 0.1) is 0 Å². The van der Waals surface area contributed by atoms with E-state index in [0.717, 1.165) is 37.3 Å². The minimum Gasteiger partial charge on any atom is -0.456 e. The molecule has 3 aromatic rings. The lowest BCUT2D eigenvalue weighted by molar-refractivity contribution is 0.00687. The monoisotopic (exact) mass is 714 g/mol. The second-order valence-corrected chi connectivity index (χ2v) is 27.5. The van der Waals surface area contributed by atoms with E-state index < -0.39 is 16.4 Å². The fourth-order valence-corrected chi connectivity index (χ4v) is 8.96. The maximum Gasteiger partial charge on any atom is 0.301 e. The van der Waals surface area contributed by atoms with Crippen LogP contribution in [0.2, 0.25) is 48.8 Å². The average molecular weight is 715 g/mol. The third kappa shape index (κ3) is 7.88. The molecule has 2 saturated heterocycles. The molecule has 1 aromatic carbocycles. The zero-order chi connectivity index (χ0) is 34.4. The van der Waals surface area contributed by atoms with Crippen molar-refractivity contribution in [1.82, 2.24) is 14.5 Å². The minimum absolute atomic E-state index is 0.0964. The van der Waals surface area contributed by atoms with Gasteiger partial charge in [0.25, 0.3) is 0 Å². The Bertz CT molecular complexity index is 1560. The SMILES string of the molecule is CC(C)(C)[Si](C)(C)OC1COC2C(Oc3nc4cc(Cl)c(-c5ccc(C6CCC(N)CC6)cc5)nc4n3COCC[Si](C)(C)C)COC12. The summed E-state index contributed by atoms with van der Waals surface area (Å²) in [5.74, 6) is 0.552. The molecule has 1 aliphatic carbocycles. The van der Waals surface area contributed by atoms with Gasteiger partial charge in [0.05, 0.1) is 30.0 Å². The molecule has 4 atom stereocenters. The molecule has 3 aliphatic rings. The molecule has 48 heavy (non-hydrogen) atoms. The largest absolute Gasteiger partial charge is 0.456 e. The first-order valence-corrected chi connectivity index (χ1v) is 24.7. The van der Waals surface area contributed by atoms with Crippen molar-refractivity contribution in [2.24, 2.45) is 5.73 Å². The molecule has 264 valence electrons. The summed E-state index contributed by atoms with van der Waals surface area (Å²) in [7, 11) is -3.27. The molecule has 1 saturated carbocycles. The standard InChI is InChI=1S/C36H55ClN4O5Si2/c1-36(2,3)48(7,8)46-30-21-44-32-29(20-43-33(30)32)45-35-39-28-19-27(37)31(40-34(28)41(35)22-42-17-18-47(4,5)6)25-11-9-23(10-12-25)24-13-15-26(38)16-14-24/h9-12,19,24,26,29-30,32-33H,13-18,20-22,38H2,1-8H3. The normalized spacial score (nSPS) is 26.7. The van der Waals surface area contributed by atoms with Crippen molar-refractivity contribution >= 4 is 39.2 Å². The average Bonchev–Trinajstić information content (AvgIpc) is 3.69. The first-order chi connectivity index (χ1) is 22.6. The first-order valence-electron chi connectivity index (χ1n) is 17.7. The highest BCUT2D eigenvalue weighted by Gasteiger charge is 2.52. The lowest BCUT2D eigenvalue weighted by atomic mass is 9.82. The molecule has 12 heteroatoms. The third-order valence-corrected chi connectivity index (χ3v) is 17.3. The molecule has 4 unspecified atom stereocenters. The number of aromatic nitrogens is 3. The Balaban J connectivity index is 1.24. The van der Waals surface area contributed by atoms with Crippen LogP contribution in [0.15, 0.2) is 30.3 Å². The number of halogens is 1. The topological polar surface area (TPSA) is 103 Å². The first kappa shape index (κ1) is 36.0. The van der Waals surface area contributed by atoms with Gasteiger partial charge in [0.1, 0.15) is 24.5 Å². The number of imidazole rings is 1. The van der Waals surface area contributed by atoms with Crippen LogP contribution in [0.25, 0.3) is 22.4 Å². The second kappa shape index (κ2) is 14.1. The van der Waals surface area contributed by atoms with Crippen molar-refractivity contribution < 1.29 is 23.4 Å². The number of rotatable bonds is 11. The van der Waals surface area contributed by atoms with E-state index in [-0.39, 0.29) is 36.2 Å². The zero-order valence-corrected chi connectivity index (χ0v) is 32.8. The molecule has 6 rings (SSSR count). The van der Waals surface area contributed by atoms with E-state index in [1.807, 2.05) is 10.6 Å². The summed E-state index contributed by atoms with van der Waals surface area (Å²) in [5.41, 5.74) is 10.5. The highest BCUT2D eigenvalue weighted by molar-refractivity contribution is 6.76. The fraction of sp³-hybridized carbons (Fsp3) is 0.667. The smallest absolute Gasteiger partial charge is 0.301 e. The molecule has 9 nitrogen and oxygen atoms in total. The molecule has 0 bridgehead atoms. The van der Waals surface area contributed by atoms with Gasteiger partial charge < -0.3 is 29.1 Å². The molecule has 0 radical (unpaired) electrons. The van der Waals surface area contributed by atoms with Crippen LogP contribution in [-0.4, -0.2) is 81.2 Å². The Morgan fingerprint density at radius 2 is 1.58 bits per heavy atom. The summed E-state index contributed by atoms with van der Waals surface area (Å²) in [6, 6.07) is 12.4. The number of nitrogens with two attached hydrogens (primary N) is 1. The summed E-state index contributed by atoms with van der Waals surface area (Å²) < 4.78 is 34.1. The van der Waals surface area contributed by atoms with Gasteiger partial charge in [0, 0.05) is 26.3 Å². The van der Waals surface area contributed by atoms with Crippen LogP contribution in [0.3, 0.4) is 0 Å². The van der Waals surface area contributed by atoms with Crippen LogP contribution < -0.4 is 10.5 Å². The van der Waals surface area contributed by atoms with E-state index in [4.69, 9.17) is 50.7 Å². The van der Waals surface area contributed by atoms with E-state index >= 15 is 0 Å². The van der Waals surface area contributed by atoms with Crippen LogP contribution in [-0.2, 0) is 25.4 Å². The van der Waals surface area contributed by atoms with Gasteiger partial charge in [0.2, 0.25) is 0 Å². The summed E-state index contributed by atoms with van der Waals surface area (Å²) in [4.78, 5) is 9.97. The number of benzene rings is 1. The molecule has 0 spiro atoms. The number of hydrogen-bond donors (Lipinski definition) is 1. The molecule has 2 aliphatic heterocycles. The zero-order valence-electron chi connectivity index (χ0n) is 30.1. The summed E-state index contributed by atoms with van der Waals surface area (Å²) in [6.45, 7) is 20.1. The Labute approximate surface area is 293 Å². The van der Waals surface area contributed by atoms with Crippen molar-refractivity contribution in [2.75, 3.05) is 19.8 Å². The van der Waals surface area contributed by atoms with Crippen molar-refractivity contribution in [3.8, 4) is 17.3 Å². The van der Waals surface area contributed by atoms with Gasteiger partial charge in [-0.25, -0.2) is 4.98 Å². The van der Waals surface area contributed by atoms with Crippen molar-refractivity contribution in [3.05, 3.63) is 40.9 Å². The maximum atomic E-state index is 6.88. The second-order valence-electron chi connectivity index (χ2n) is 16.7. The Hall–Kier alpha value is -1.84. The third-order valence-electron chi connectivity index (χ3n) is 10.8. The number of ether oxygens (including phenoxy) is 4. The molecular formula is C36H55ClN4O5Si2. The number of fused-ring (bicyclic) bond motifs is 2. The van der Waals surface area contributed by atoms with Gasteiger partial charge in [-0.1, -0.05) is 76.3 Å². The van der Waals surface area contributed by atoms with Crippen molar-refractivity contribution in [3.63, 3.8) is 0 Å². The Morgan fingerprint density at radius 3 is 2.23 bits per heavy atom. The van der Waals surface area contributed by atoms with E-state index in [0.29, 0.717) is 59.7 Å². The number of nitrogens with zero attached hydrogens (tertiary/aromatic N) is 3. The van der Waals surface area contributed by atoms with E-state index in [1.165, 1.54) is 5.56 Å². The lowest BCUT2D eigenvalue weighted by Gasteiger charge is -2.39. The molecule has 2 aromatic heterocycles. The number of hydrogen-bond acceptors (Lipinski definition) is 8. The van der Waals surface area contributed by atoms with Crippen LogP contribution in [0.4, 0.5) is 0 Å². The predicted molar refractivity (Wildman–Crippen MR) is 197 cm³/mol. The van der Waals surface area contributed by atoms with Gasteiger partial charge in [-0.15, -0.1) is 0 Å². The van der Waals surface area contributed by atoms with E-state index in [2.05, 4.69) is 77.8 Å². The molecule has 4 heterocycles. The maximum absolute atomic E-state index is 6.88. The summed E-state index contributed by atoms with van der Waals surface area (Å²) in [6.07, 6.45) is 3.56. The van der Waals surface area contributed by atoms with Gasteiger partial charge in [-0.3, -0.25) is 4.57 Å². The summed E-state index contributed by atoms with van der Waals surface area (Å²) >= 11 is 6.88. The highest BCUT2D eigenvalue weighted by atomic mass is 35.5. The molecule has 2 N–H and O–H groups in total. The van der Waals surface area contributed by atoms with E-state index in [1.54, 1.807) is 0 Å². The van der Waals surface area contributed by atoms with Crippen LogP contribution in [0.1, 0.15) is 57.9 Å². The fourth-order valence-electron chi connectivity index (χ4n) is 6.63. The lowest BCUT2D eigenvalue weighted by Crippen LogP contribution is -2.47. The molecular weight excluding hydrogens is 660 g/mol. The van der Waals surface area contributed by atoms with Crippen molar-refractivity contribution in [1.29, 1.82) is 0 Å². The Morgan fingerprint density at radius 1 is 0.938 bits per heavy atom. The molecule has 0 amide bonds. The summed E-state index contributed by atoms with van der Waals surface area (Å²) in [5, 5.41) is 0.642. The van der Waals surface area contributed by atoms with E-state index in [9.17, 15) is 0 Å². The Kier molecular flexibility index (Phi) is 10.5. The predicted octanol–water partition coefficient (Wildman–Crippen LogP) is 7.98. The quantitative estimate of drug-likeness (QED) is 0.158. The van der Waals surface area contributed by atoms with Crippen LogP contribution >= 0.6 is 11.6 Å². The number of pyridine rings is 1.